The summed E-state index contributed by atoms with van der Waals surface area (Å²) >= 11 is 0. The Morgan fingerprint density at radius 3 is 2.90 bits per heavy atom. The summed E-state index contributed by atoms with van der Waals surface area (Å²) in [4.78, 5) is 11.7. The van der Waals surface area contributed by atoms with E-state index in [0.717, 1.165) is 0 Å². The van der Waals surface area contributed by atoms with Gasteiger partial charge in [-0.15, -0.1) is 0 Å². The van der Waals surface area contributed by atoms with Gasteiger partial charge in [0.2, 0.25) is 5.91 Å². The first-order chi connectivity index (χ1) is 9.56. The van der Waals surface area contributed by atoms with Crippen molar-refractivity contribution in [3.05, 3.63) is 29.6 Å². The third-order valence-electron chi connectivity index (χ3n) is 2.76. The highest BCUT2D eigenvalue weighted by molar-refractivity contribution is 5.90. The Kier molecular flexibility index (Phi) is 6.71. The Balaban J connectivity index is 2.62. The standard InChI is InChI=1S/C15H19FN2O2/c1-11(20-2)5-8-15(19)18-14-7-6-12(4-3-9-17)10-13(14)16/h6-7,10-11H,5,8-9,17H2,1-2H3,(H,18,19). The molecule has 5 heteroatoms. The normalized spacial score (nSPS) is 11.4. The first-order valence-electron chi connectivity index (χ1n) is 6.38. The van der Waals surface area contributed by atoms with Gasteiger partial charge in [-0.1, -0.05) is 11.8 Å². The lowest BCUT2D eigenvalue weighted by Gasteiger charge is -2.10. The Morgan fingerprint density at radius 1 is 1.55 bits per heavy atom. The minimum Gasteiger partial charge on any atom is -0.382 e. The average Bonchev–Trinajstić information content (AvgIpc) is 2.45. The number of hydrogen-bond acceptors (Lipinski definition) is 3. The van der Waals surface area contributed by atoms with E-state index in [-0.39, 0.29) is 30.7 Å². The lowest BCUT2D eigenvalue weighted by Crippen LogP contribution is -2.15. The molecule has 1 aromatic rings. The summed E-state index contributed by atoms with van der Waals surface area (Å²) in [5, 5.41) is 2.53. The van der Waals surface area contributed by atoms with E-state index in [1.165, 1.54) is 12.1 Å². The molecular formula is C15H19FN2O2. The van der Waals surface area contributed by atoms with Crippen LogP contribution in [0.1, 0.15) is 25.3 Å². The van der Waals surface area contributed by atoms with Crippen molar-refractivity contribution >= 4 is 11.6 Å². The molecule has 0 fully saturated rings. The van der Waals surface area contributed by atoms with Crippen LogP contribution in [0.25, 0.3) is 0 Å². The fraction of sp³-hybridized carbons (Fsp3) is 0.400. The summed E-state index contributed by atoms with van der Waals surface area (Å²) in [6.45, 7) is 2.09. The zero-order valence-electron chi connectivity index (χ0n) is 11.7. The van der Waals surface area contributed by atoms with Crippen molar-refractivity contribution in [2.75, 3.05) is 19.0 Å². The van der Waals surface area contributed by atoms with Gasteiger partial charge in [0, 0.05) is 19.1 Å². The average molecular weight is 278 g/mol. The third kappa shape index (κ3) is 5.39. The number of carbonyl (C=O) groups excluding carboxylic acids is 1. The number of carbonyl (C=O) groups is 1. The predicted octanol–water partition coefficient (Wildman–Crippen LogP) is 1.89. The van der Waals surface area contributed by atoms with Crippen molar-refractivity contribution in [2.45, 2.75) is 25.9 Å². The zero-order chi connectivity index (χ0) is 15.0. The molecule has 0 aliphatic rings. The smallest absolute Gasteiger partial charge is 0.224 e. The van der Waals surface area contributed by atoms with E-state index in [0.29, 0.717) is 12.0 Å². The van der Waals surface area contributed by atoms with Crippen LogP contribution in [0.2, 0.25) is 0 Å². The maximum Gasteiger partial charge on any atom is 0.224 e. The number of hydrogen-bond donors (Lipinski definition) is 2. The lowest BCUT2D eigenvalue weighted by molar-refractivity contribution is -0.116. The highest BCUT2D eigenvalue weighted by Crippen LogP contribution is 2.16. The van der Waals surface area contributed by atoms with E-state index in [4.69, 9.17) is 10.5 Å². The number of ether oxygens (including phenoxy) is 1. The largest absolute Gasteiger partial charge is 0.382 e. The number of amides is 1. The maximum absolute atomic E-state index is 13.8. The highest BCUT2D eigenvalue weighted by Gasteiger charge is 2.09. The molecule has 1 rings (SSSR count). The Bertz CT molecular complexity index is 520. The number of nitrogens with one attached hydrogen (secondary N) is 1. The first kappa shape index (κ1) is 16.2. The molecule has 0 bridgehead atoms. The summed E-state index contributed by atoms with van der Waals surface area (Å²) in [5.41, 5.74) is 5.92. The van der Waals surface area contributed by atoms with E-state index >= 15 is 0 Å². The van der Waals surface area contributed by atoms with Crippen LogP contribution in [0, 0.1) is 17.7 Å². The van der Waals surface area contributed by atoms with Gasteiger partial charge in [0.1, 0.15) is 5.82 Å². The van der Waals surface area contributed by atoms with Crippen LogP contribution in [0.3, 0.4) is 0 Å². The second-order valence-corrected chi connectivity index (χ2v) is 4.33. The van der Waals surface area contributed by atoms with Gasteiger partial charge in [0.05, 0.1) is 18.3 Å². The Hall–Kier alpha value is -1.90. The topological polar surface area (TPSA) is 64.3 Å². The van der Waals surface area contributed by atoms with Gasteiger partial charge in [-0.3, -0.25) is 4.79 Å². The Labute approximate surface area is 118 Å². The summed E-state index contributed by atoms with van der Waals surface area (Å²) < 4.78 is 18.8. The minimum absolute atomic E-state index is 0.000454. The van der Waals surface area contributed by atoms with Crippen molar-refractivity contribution in [3.63, 3.8) is 0 Å². The summed E-state index contributed by atoms with van der Waals surface area (Å²) in [6, 6.07) is 4.41. The van der Waals surface area contributed by atoms with Gasteiger partial charge >= 0.3 is 0 Å². The van der Waals surface area contributed by atoms with Crippen molar-refractivity contribution in [3.8, 4) is 11.8 Å². The van der Waals surface area contributed by atoms with Crippen molar-refractivity contribution < 1.29 is 13.9 Å². The van der Waals surface area contributed by atoms with Crippen LogP contribution in [-0.2, 0) is 9.53 Å². The number of anilines is 1. The van der Waals surface area contributed by atoms with Crippen molar-refractivity contribution in [2.24, 2.45) is 5.73 Å². The van der Waals surface area contributed by atoms with Crippen LogP contribution < -0.4 is 11.1 Å². The van der Waals surface area contributed by atoms with E-state index in [2.05, 4.69) is 17.2 Å². The summed E-state index contributed by atoms with van der Waals surface area (Å²) in [7, 11) is 1.59. The lowest BCUT2D eigenvalue weighted by atomic mass is 10.1. The van der Waals surface area contributed by atoms with E-state index in [1.807, 2.05) is 6.92 Å². The van der Waals surface area contributed by atoms with Gasteiger partial charge in [-0.2, -0.15) is 0 Å². The van der Waals surface area contributed by atoms with E-state index in [1.54, 1.807) is 13.2 Å². The molecule has 0 aliphatic heterocycles. The molecule has 1 atom stereocenters. The molecule has 0 spiro atoms. The Morgan fingerprint density at radius 2 is 2.30 bits per heavy atom. The molecule has 0 saturated carbocycles. The molecule has 3 N–H and O–H groups in total. The minimum atomic E-state index is -0.512. The quantitative estimate of drug-likeness (QED) is 0.808. The van der Waals surface area contributed by atoms with Gasteiger partial charge in [0.25, 0.3) is 0 Å². The zero-order valence-corrected chi connectivity index (χ0v) is 11.7. The van der Waals surface area contributed by atoms with Gasteiger partial charge in [-0.25, -0.2) is 4.39 Å². The molecule has 108 valence electrons. The molecule has 0 heterocycles. The summed E-state index contributed by atoms with van der Waals surface area (Å²) in [5.74, 6) is 4.62. The highest BCUT2D eigenvalue weighted by atomic mass is 19.1. The molecule has 1 unspecified atom stereocenters. The molecule has 0 aliphatic carbocycles. The number of benzene rings is 1. The summed E-state index contributed by atoms with van der Waals surface area (Å²) in [6.07, 6.45) is 0.868. The number of nitrogens with two attached hydrogens (primary N) is 1. The van der Waals surface area contributed by atoms with Gasteiger partial charge in [-0.05, 0) is 31.5 Å². The molecule has 0 aromatic heterocycles. The monoisotopic (exact) mass is 278 g/mol. The fourth-order valence-electron chi connectivity index (χ4n) is 1.51. The van der Waals surface area contributed by atoms with Crippen LogP contribution in [0.4, 0.5) is 10.1 Å². The van der Waals surface area contributed by atoms with Crippen LogP contribution in [-0.4, -0.2) is 25.7 Å². The SMILES string of the molecule is COC(C)CCC(=O)Nc1ccc(C#CCN)cc1F. The second kappa shape index (κ2) is 8.31. The molecule has 4 nitrogen and oxygen atoms in total. The first-order valence-corrected chi connectivity index (χ1v) is 6.38. The molecule has 1 amide bonds. The van der Waals surface area contributed by atoms with Crippen molar-refractivity contribution in [1.82, 2.24) is 0 Å². The molecule has 0 saturated heterocycles. The number of methoxy groups -OCH3 is 1. The van der Waals surface area contributed by atoms with Gasteiger partial charge < -0.3 is 15.8 Å². The fourth-order valence-corrected chi connectivity index (χ4v) is 1.51. The third-order valence-corrected chi connectivity index (χ3v) is 2.76. The van der Waals surface area contributed by atoms with Crippen molar-refractivity contribution in [1.29, 1.82) is 0 Å². The van der Waals surface area contributed by atoms with Crippen LogP contribution in [0.15, 0.2) is 18.2 Å². The van der Waals surface area contributed by atoms with Crippen LogP contribution in [0.5, 0.6) is 0 Å². The molecule has 1 aromatic carbocycles. The number of rotatable bonds is 5. The van der Waals surface area contributed by atoms with Crippen LogP contribution >= 0.6 is 0 Å². The number of halogens is 1. The van der Waals surface area contributed by atoms with Gasteiger partial charge in [0.15, 0.2) is 0 Å². The second-order valence-electron chi connectivity index (χ2n) is 4.33. The molecule has 0 radical (unpaired) electrons. The predicted molar refractivity (Wildman–Crippen MR) is 76.7 cm³/mol. The van der Waals surface area contributed by atoms with E-state index in [9.17, 15) is 9.18 Å². The van der Waals surface area contributed by atoms with E-state index < -0.39 is 5.82 Å². The molecule has 20 heavy (non-hydrogen) atoms. The maximum atomic E-state index is 13.8. The molecular weight excluding hydrogens is 259 g/mol.